The lowest BCUT2D eigenvalue weighted by Gasteiger charge is -2.11. The van der Waals surface area contributed by atoms with Crippen LogP contribution >= 0.6 is 11.8 Å². The molecule has 0 bridgehead atoms. The molecule has 102 valence electrons. The third-order valence-electron chi connectivity index (χ3n) is 3.29. The first kappa shape index (κ1) is 13.2. The summed E-state index contributed by atoms with van der Waals surface area (Å²) >= 11 is 1.78. The summed E-state index contributed by atoms with van der Waals surface area (Å²) in [5, 5.41) is 8.84. The second kappa shape index (κ2) is 6.11. The Bertz CT molecular complexity index is 593. The molecule has 3 rings (SSSR count). The van der Waals surface area contributed by atoms with Crippen LogP contribution in [0.5, 0.6) is 0 Å². The van der Waals surface area contributed by atoms with E-state index >= 15 is 0 Å². The van der Waals surface area contributed by atoms with Crippen LogP contribution in [-0.2, 0) is 6.42 Å². The minimum atomic E-state index is 0.307. The van der Waals surface area contributed by atoms with E-state index in [1.54, 1.807) is 11.8 Å². The zero-order valence-corrected chi connectivity index (χ0v) is 12.2. The van der Waals surface area contributed by atoms with Crippen molar-refractivity contribution in [2.45, 2.75) is 11.9 Å². The standard InChI is InChI=1S/C16H17N3S/c1-17-16-19-15(11-20-16)10-12-2-4-13(5-3-12)14-6-8-18-9-7-14/h2-9,11,16-17,19H,10H2,1H3. The summed E-state index contributed by atoms with van der Waals surface area (Å²) in [6.07, 6.45) is 4.60. The van der Waals surface area contributed by atoms with Gasteiger partial charge in [-0.1, -0.05) is 36.0 Å². The smallest absolute Gasteiger partial charge is 0.129 e. The van der Waals surface area contributed by atoms with E-state index in [0.717, 1.165) is 6.42 Å². The van der Waals surface area contributed by atoms with Crippen LogP contribution in [0.3, 0.4) is 0 Å². The number of benzene rings is 1. The minimum absolute atomic E-state index is 0.307. The van der Waals surface area contributed by atoms with Gasteiger partial charge in [-0.25, -0.2) is 0 Å². The fourth-order valence-electron chi connectivity index (χ4n) is 2.20. The fraction of sp³-hybridized carbons (Fsp3) is 0.188. The summed E-state index contributed by atoms with van der Waals surface area (Å²) in [6, 6.07) is 12.8. The van der Waals surface area contributed by atoms with Crippen molar-refractivity contribution in [1.29, 1.82) is 0 Å². The van der Waals surface area contributed by atoms with Gasteiger partial charge in [-0.15, -0.1) is 0 Å². The van der Waals surface area contributed by atoms with E-state index in [-0.39, 0.29) is 0 Å². The Balaban J connectivity index is 1.68. The van der Waals surface area contributed by atoms with E-state index in [1.165, 1.54) is 22.4 Å². The van der Waals surface area contributed by atoms with E-state index in [4.69, 9.17) is 0 Å². The highest BCUT2D eigenvalue weighted by atomic mass is 32.2. The largest absolute Gasteiger partial charge is 0.364 e. The van der Waals surface area contributed by atoms with Gasteiger partial charge in [0.2, 0.25) is 0 Å². The van der Waals surface area contributed by atoms with Crippen molar-refractivity contribution >= 4 is 11.8 Å². The van der Waals surface area contributed by atoms with Crippen LogP contribution in [0.1, 0.15) is 5.56 Å². The number of nitrogens with one attached hydrogen (secondary N) is 2. The summed E-state index contributed by atoms with van der Waals surface area (Å²) in [6.45, 7) is 0. The first-order valence-corrected chi connectivity index (χ1v) is 7.57. The van der Waals surface area contributed by atoms with E-state index in [1.807, 2.05) is 31.6 Å². The van der Waals surface area contributed by atoms with Crippen LogP contribution in [0.4, 0.5) is 0 Å². The maximum absolute atomic E-state index is 4.05. The van der Waals surface area contributed by atoms with Crippen molar-refractivity contribution in [2.75, 3.05) is 7.05 Å². The number of aromatic nitrogens is 1. The van der Waals surface area contributed by atoms with Gasteiger partial charge in [-0.3, -0.25) is 10.3 Å². The van der Waals surface area contributed by atoms with Crippen LogP contribution in [-0.4, -0.2) is 17.5 Å². The molecule has 0 saturated heterocycles. The second-order valence-electron chi connectivity index (χ2n) is 4.70. The molecule has 3 nitrogen and oxygen atoms in total. The lowest BCUT2D eigenvalue weighted by atomic mass is 10.0. The van der Waals surface area contributed by atoms with Gasteiger partial charge in [0, 0.05) is 24.5 Å². The van der Waals surface area contributed by atoms with Crippen molar-refractivity contribution in [3.05, 3.63) is 65.5 Å². The highest BCUT2D eigenvalue weighted by Gasteiger charge is 2.14. The SMILES string of the molecule is CNC1NC(Cc2ccc(-c3ccncc3)cc2)=CS1. The highest BCUT2D eigenvalue weighted by Crippen LogP contribution is 2.23. The predicted molar refractivity (Wildman–Crippen MR) is 85.0 cm³/mol. The molecule has 2 N–H and O–H groups in total. The molecule has 2 aromatic rings. The fourth-order valence-corrected chi connectivity index (χ4v) is 3.01. The molecular weight excluding hydrogens is 266 g/mol. The molecule has 0 saturated carbocycles. The van der Waals surface area contributed by atoms with Gasteiger partial charge in [0.05, 0.1) is 0 Å². The normalized spacial score (nSPS) is 17.6. The average molecular weight is 283 g/mol. The van der Waals surface area contributed by atoms with Crippen LogP contribution in [0, 0.1) is 0 Å². The molecule has 0 fully saturated rings. The summed E-state index contributed by atoms with van der Waals surface area (Å²) in [5.74, 6) is 0. The molecule has 4 heteroatoms. The van der Waals surface area contributed by atoms with E-state index in [0.29, 0.717) is 5.50 Å². The summed E-state index contributed by atoms with van der Waals surface area (Å²) in [5.41, 5.74) is 5.33. The molecule has 0 spiro atoms. The van der Waals surface area contributed by atoms with Crippen molar-refractivity contribution < 1.29 is 0 Å². The number of thioether (sulfide) groups is 1. The third kappa shape index (κ3) is 3.03. The predicted octanol–water partition coefficient (Wildman–Crippen LogP) is 2.97. The summed E-state index contributed by atoms with van der Waals surface area (Å²) < 4.78 is 0. The second-order valence-corrected chi connectivity index (χ2v) is 5.68. The Morgan fingerprint density at radius 2 is 1.80 bits per heavy atom. The van der Waals surface area contributed by atoms with E-state index in [2.05, 4.69) is 45.3 Å². The molecule has 1 aliphatic heterocycles. The quantitative estimate of drug-likeness (QED) is 0.904. The number of rotatable bonds is 4. The Morgan fingerprint density at radius 1 is 1.10 bits per heavy atom. The number of allylic oxidation sites excluding steroid dienone is 1. The molecule has 0 aliphatic carbocycles. The van der Waals surface area contributed by atoms with Gasteiger partial charge in [0.15, 0.2) is 0 Å². The van der Waals surface area contributed by atoms with E-state index in [9.17, 15) is 0 Å². The zero-order valence-electron chi connectivity index (χ0n) is 11.3. The third-order valence-corrected chi connectivity index (χ3v) is 4.33. The maximum Gasteiger partial charge on any atom is 0.129 e. The van der Waals surface area contributed by atoms with Crippen molar-refractivity contribution in [3.63, 3.8) is 0 Å². The van der Waals surface area contributed by atoms with Gasteiger partial charge in [0.1, 0.15) is 5.50 Å². The molecule has 1 unspecified atom stereocenters. The first-order chi connectivity index (χ1) is 9.85. The lowest BCUT2D eigenvalue weighted by molar-refractivity contribution is 0.658. The van der Waals surface area contributed by atoms with Crippen LogP contribution < -0.4 is 10.6 Å². The monoisotopic (exact) mass is 283 g/mol. The van der Waals surface area contributed by atoms with Crippen molar-refractivity contribution in [3.8, 4) is 11.1 Å². The zero-order chi connectivity index (χ0) is 13.8. The minimum Gasteiger partial charge on any atom is -0.364 e. The van der Waals surface area contributed by atoms with Crippen molar-refractivity contribution in [1.82, 2.24) is 15.6 Å². The van der Waals surface area contributed by atoms with Crippen LogP contribution in [0.15, 0.2) is 59.9 Å². The summed E-state index contributed by atoms with van der Waals surface area (Å²) in [4.78, 5) is 4.05. The van der Waals surface area contributed by atoms with Gasteiger partial charge in [-0.05, 0) is 41.3 Å². The Morgan fingerprint density at radius 3 is 2.45 bits per heavy atom. The van der Waals surface area contributed by atoms with E-state index < -0.39 is 0 Å². The van der Waals surface area contributed by atoms with Gasteiger partial charge >= 0.3 is 0 Å². The molecule has 1 aromatic carbocycles. The molecule has 1 atom stereocenters. The molecule has 2 heterocycles. The topological polar surface area (TPSA) is 37.0 Å². The number of nitrogens with zero attached hydrogens (tertiary/aromatic N) is 1. The number of hydrogen-bond donors (Lipinski definition) is 2. The summed E-state index contributed by atoms with van der Waals surface area (Å²) in [7, 11) is 1.96. The van der Waals surface area contributed by atoms with Gasteiger partial charge in [-0.2, -0.15) is 0 Å². The lowest BCUT2D eigenvalue weighted by Crippen LogP contribution is -2.33. The van der Waals surface area contributed by atoms with Gasteiger partial charge in [0.25, 0.3) is 0 Å². The molecule has 1 aliphatic rings. The maximum atomic E-state index is 4.05. The Labute approximate surface area is 123 Å². The average Bonchev–Trinajstić information content (AvgIpc) is 2.97. The van der Waals surface area contributed by atoms with Crippen molar-refractivity contribution in [2.24, 2.45) is 0 Å². The molecule has 1 aromatic heterocycles. The highest BCUT2D eigenvalue weighted by molar-refractivity contribution is 8.02. The molecule has 20 heavy (non-hydrogen) atoms. The van der Waals surface area contributed by atoms with Gasteiger partial charge < -0.3 is 5.32 Å². The molecular formula is C16H17N3S. The Hall–Kier alpha value is -1.78. The first-order valence-electron chi connectivity index (χ1n) is 6.63. The number of pyridine rings is 1. The number of hydrogen-bond acceptors (Lipinski definition) is 4. The molecule has 0 amide bonds. The molecule has 0 radical (unpaired) electrons. The van der Waals surface area contributed by atoms with Crippen LogP contribution in [0.25, 0.3) is 11.1 Å². The Kier molecular flexibility index (Phi) is 4.04. The van der Waals surface area contributed by atoms with Crippen LogP contribution in [0.2, 0.25) is 0 Å².